The first kappa shape index (κ1) is 22.4. The van der Waals surface area contributed by atoms with E-state index in [0.29, 0.717) is 19.5 Å². The van der Waals surface area contributed by atoms with Crippen LogP contribution in [0.4, 0.5) is 13.2 Å². The molecule has 0 spiro atoms. The topological polar surface area (TPSA) is 43.4 Å². The lowest BCUT2D eigenvalue weighted by Gasteiger charge is -2.07. The second-order valence-corrected chi connectivity index (χ2v) is 3.98. The molecule has 1 rings (SSSR count). The molecule has 0 N–H and O–H groups in total. The molecule has 0 aromatic heterocycles. The van der Waals surface area contributed by atoms with E-state index in [9.17, 15) is 22.8 Å². The molecule has 3 nitrogen and oxygen atoms in total. The molecule has 1 unspecified atom stereocenters. The zero-order chi connectivity index (χ0) is 17.7. The number of ether oxygens (including phenoxy) is 1. The van der Waals surface area contributed by atoms with Crippen LogP contribution in [0.3, 0.4) is 0 Å². The summed E-state index contributed by atoms with van der Waals surface area (Å²) in [7, 11) is 0. The van der Waals surface area contributed by atoms with Gasteiger partial charge in [-0.05, 0) is 25.5 Å². The van der Waals surface area contributed by atoms with Crippen LogP contribution >= 0.6 is 0 Å². The van der Waals surface area contributed by atoms with Crippen molar-refractivity contribution < 1.29 is 27.5 Å². The average Bonchev–Trinajstić information content (AvgIpc) is 2.53. The van der Waals surface area contributed by atoms with Crippen LogP contribution < -0.4 is 0 Å². The molecule has 0 radical (unpaired) electrons. The van der Waals surface area contributed by atoms with E-state index >= 15 is 0 Å². The number of hydrogen-bond acceptors (Lipinski definition) is 3. The van der Waals surface area contributed by atoms with Gasteiger partial charge in [0.05, 0.1) is 6.61 Å². The van der Waals surface area contributed by atoms with Gasteiger partial charge in [-0.3, -0.25) is 9.59 Å². The van der Waals surface area contributed by atoms with E-state index in [1.54, 1.807) is 20.8 Å². The normalized spacial score (nSPS) is 10.4. The maximum Gasteiger partial charge on any atom is 0.293 e. The summed E-state index contributed by atoms with van der Waals surface area (Å²) < 4.78 is 42.3. The van der Waals surface area contributed by atoms with E-state index in [4.69, 9.17) is 0 Å². The lowest BCUT2D eigenvalue weighted by molar-refractivity contribution is -0.128. The Balaban J connectivity index is 0. The largest absolute Gasteiger partial charge is 0.468 e. The molecule has 126 valence electrons. The highest BCUT2D eigenvalue weighted by molar-refractivity contribution is 5.97. The molecule has 6 heteroatoms. The number of halogens is 3. The molecule has 0 aliphatic carbocycles. The molecule has 0 heterocycles. The van der Waals surface area contributed by atoms with Gasteiger partial charge in [-0.2, -0.15) is 0 Å². The average molecular weight is 320 g/mol. The van der Waals surface area contributed by atoms with Crippen molar-refractivity contribution in [2.45, 2.75) is 41.0 Å². The molecule has 0 fully saturated rings. The predicted molar refractivity (Wildman–Crippen MR) is 79.1 cm³/mol. The fraction of sp³-hybridized carbons (Fsp3) is 0.500. The summed E-state index contributed by atoms with van der Waals surface area (Å²) in [5.41, 5.74) is -0.124. The highest BCUT2D eigenvalue weighted by Gasteiger charge is 2.18. The van der Waals surface area contributed by atoms with Gasteiger partial charge in [-0.15, -0.1) is 0 Å². The Kier molecular flexibility index (Phi) is 13.1. The Bertz CT molecular complexity index is 439. The van der Waals surface area contributed by atoms with Crippen molar-refractivity contribution in [3.05, 3.63) is 35.1 Å². The Morgan fingerprint density at radius 2 is 1.64 bits per heavy atom. The molecule has 0 bridgehead atoms. The van der Waals surface area contributed by atoms with Crippen LogP contribution in [0.1, 0.15) is 51.4 Å². The number of benzene rings is 1. The summed E-state index contributed by atoms with van der Waals surface area (Å²) in [4.78, 5) is 20.7. The maximum atomic E-state index is 12.8. The van der Waals surface area contributed by atoms with Crippen LogP contribution in [0.2, 0.25) is 0 Å². The van der Waals surface area contributed by atoms with Crippen molar-refractivity contribution in [1.29, 1.82) is 0 Å². The van der Waals surface area contributed by atoms with Crippen LogP contribution in [-0.4, -0.2) is 18.9 Å². The molecule has 1 atom stereocenters. The molecule has 0 saturated heterocycles. The number of rotatable bonds is 5. The minimum absolute atomic E-state index is 0.124. The lowest BCUT2D eigenvalue weighted by atomic mass is 9.97. The summed E-state index contributed by atoms with van der Waals surface area (Å²) in [6, 6.07) is 1.46. The van der Waals surface area contributed by atoms with E-state index < -0.39 is 17.5 Å². The van der Waals surface area contributed by atoms with E-state index in [0.717, 1.165) is 12.1 Å². The SMILES string of the molecule is CC.CCC(C)C(=O)c1cc(F)c(F)c(F)c1.CCOC=O. The second kappa shape index (κ2) is 12.9. The van der Waals surface area contributed by atoms with Crippen LogP contribution in [0.5, 0.6) is 0 Å². The van der Waals surface area contributed by atoms with Crippen molar-refractivity contribution in [3.63, 3.8) is 0 Å². The standard InChI is InChI=1S/C11H11F3O.C3H6O2.C2H6/c1-3-6(2)11(15)7-4-8(12)10(14)9(13)5-7;1-2-5-3-4;1-2/h4-6H,3H2,1-2H3;3H,2H2,1H3;1-2H3. The third-order valence-corrected chi connectivity index (χ3v) is 2.56. The van der Waals surface area contributed by atoms with Crippen molar-refractivity contribution in [2.24, 2.45) is 5.92 Å². The second-order valence-electron chi connectivity index (χ2n) is 3.98. The molecular weight excluding hydrogens is 297 g/mol. The van der Waals surface area contributed by atoms with Crippen LogP contribution in [0.15, 0.2) is 12.1 Å². The van der Waals surface area contributed by atoms with Gasteiger partial charge in [0.1, 0.15) is 0 Å². The first-order valence-corrected chi connectivity index (χ1v) is 7.12. The molecule has 0 aliphatic rings. The Morgan fingerprint density at radius 1 is 1.18 bits per heavy atom. The van der Waals surface area contributed by atoms with E-state index in [1.165, 1.54) is 0 Å². The van der Waals surface area contributed by atoms with Crippen LogP contribution in [0, 0.1) is 23.4 Å². The summed E-state index contributed by atoms with van der Waals surface area (Å²) in [6.45, 7) is 10.1. The van der Waals surface area contributed by atoms with Gasteiger partial charge >= 0.3 is 0 Å². The molecule has 0 aliphatic heterocycles. The first-order valence-electron chi connectivity index (χ1n) is 7.12. The summed E-state index contributed by atoms with van der Waals surface area (Å²) in [6.07, 6.45) is 0.569. The van der Waals surface area contributed by atoms with Crippen molar-refractivity contribution in [1.82, 2.24) is 0 Å². The predicted octanol–water partition coefficient (Wildman–Crippen LogP) is 4.54. The number of carbonyl (C=O) groups is 2. The molecule has 0 saturated carbocycles. The minimum Gasteiger partial charge on any atom is -0.468 e. The van der Waals surface area contributed by atoms with Crippen molar-refractivity contribution in [3.8, 4) is 0 Å². The number of hydrogen-bond donors (Lipinski definition) is 0. The minimum atomic E-state index is -1.55. The van der Waals surface area contributed by atoms with Gasteiger partial charge in [0, 0.05) is 11.5 Å². The highest BCUT2D eigenvalue weighted by Crippen LogP contribution is 2.17. The molecule has 22 heavy (non-hydrogen) atoms. The third-order valence-electron chi connectivity index (χ3n) is 2.56. The summed E-state index contributed by atoms with van der Waals surface area (Å²) in [5.74, 6) is -4.91. The quantitative estimate of drug-likeness (QED) is 0.454. The van der Waals surface area contributed by atoms with Gasteiger partial charge in [-0.25, -0.2) is 13.2 Å². The molecule has 1 aromatic rings. The summed E-state index contributed by atoms with van der Waals surface area (Å²) >= 11 is 0. The molecule has 0 amide bonds. The number of ketones is 1. The Hall–Kier alpha value is -1.85. The van der Waals surface area contributed by atoms with Crippen LogP contribution in [0.25, 0.3) is 0 Å². The number of Topliss-reactive ketones (excluding diaryl/α,β-unsaturated/α-hetero) is 1. The van der Waals surface area contributed by atoms with E-state index in [2.05, 4.69) is 4.74 Å². The molecule has 1 aromatic carbocycles. The number of carbonyl (C=O) groups excluding carboxylic acids is 2. The zero-order valence-corrected chi connectivity index (χ0v) is 13.6. The highest BCUT2D eigenvalue weighted by atomic mass is 19.2. The van der Waals surface area contributed by atoms with Gasteiger partial charge in [0.15, 0.2) is 23.2 Å². The van der Waals surface area contributed by atoms with Crippen molar-refractivity contribution >= 4 is 12.3 Å². The van der Waals surface area contributed by atoms with E-state index in [-0.39, 0.29) is 17.3 Å². The monoisotopic (exact) mass is 320 g/mol. The third kappa shape index (κ3) is 7.81. The molecular formula is C16H23F3O3. The fourth-order valence-corrected chi connectivity index (χ4v) is 1.24. The Morgan fingerprint density at radius 3 is 1.91 bits per heavy atom. The van der Waals surface area contributed by atoms with Gasteiger partial charge in [0.25, 0.3) is 6.47 Å². The maximum absolute atomic E-state index is 12.8. The van der Waals surface area contributed by atoms with Crippen LogP contribution in [-0.2, 0) is 9.53 Å². The summed E-state index contributed by atoms with van der Waals surface area (Å²) in [5, 5.41) is 0. The van der Waals surface area contributed by atoms with Gasteiger partial charge < -0.3 is 4.74 Å². The zero-order valence-electron chi connectivity index (χ0n) is 13.6. The first-order chi connectivity index (χ1) is 10.4. The van der Waals surface area contributed by atoms with Gasteiger partial charge in [-0.1, -0.05) is 27.7 Å². The smallest absolute Gasteiger partial charge is 0.293 e. The van der Waals surface area contributed by atoms with Gasteiger partial charge in [0.2, 0.25) is 0 Å². The Labute approximate surface area is 129 Å². The van der Waals surface area contributed by atoms with Crippen molar-refractivity contribution in [2.75, 3.05) is 6.61 Å². The van der Waals surface area contributed by atoms with E-state index in [1.807, 2.05) is 13.8 Å². The lowest BCUT2D eigenvalue weighted by Crippen LogP contribution is -2.11. The fourth-order valence-electron chi connectivity index (χ4n) is 1.24.